The minimum atomic E-state index is -3.57. The van der Waals surface area contributed by atoms with E-state index in [0.29, 0.717) is 29.5 Å². The fourth-order valence-corrected chi connectivity index (χ4v) is 5.93. The summed E-state index contributed by atoms with van der Waals surface area (Å²) in [6.07, 6.45) is 5.52. The van der Waals surface area contributed by atoms with E-state index in [1.165, 1.54) is 28.7 Å². The van der Waals surface area contributed by atoms with Gasteiger partial charge >= 0.3 is 0 Å². The molecule has 6 rings (SSSR count). The number of carbonyl (C=O) groups is 2. The number of rotatable bonds is 5. The van der Waals surface area contributed by atoms with Gasteiger partial charge in [-0.05, 0) is 67.3 Å². The Bertz CT molecular complexity index is 1520. The van der Waals surface area contributed by atoms with Crippen LogP contribution in [-0.4, -0.2) is 52.2 Å². The minimum absolute atomic E-state index is 0.0893. The second-order valence-electron chi connectivity index (χ2n) is 10.1. The van der Waals surface area contributed by atoms with Crippen molar-refractivity contribution in [1.29, 1.82) is 0 Å². The number of sulfone groups is 1. The van der Waals surface area contributed by atoms with Gasteiger partial charge in [0.1, 0.15) is 11.3 Å². The summed E-state index contributed by atoms with van der Waals surface area (Å²) in [6.45, 7) is 1.79. The van der Waals surface area contributed by atoms with Crippen LogP contribution < -0.4 is 10.6 Å². The Hall–Kier alpha value is -3.60. The van der Waals surface area contributed by atoms with Crippen molar-refractivity contribution in [3.05, 3.63) is 64.0 Å². The zero-order valence-electron chi connectivity index (χ0n) is 20.0. The van der Waals surface area contributed by atoms with E-state index in [1.807, 2.05) is 0 Å². The first-order valence-corrected chi connectivity index (χ1v) is 14.0. The maximum absolute atomic E-state index is 13.6. The van der Waals surface area contributed by atoms with Crippen molar-refractivity contribution < 1.29 is 18.0 Å². The maximum Gasteiger partial charge on any atom is 0.257 e. The smallest absolute Gasteiger partial charge is 0.257 e. The molecule has 36 heavy (non-hydrogen) atoms. The molecular weight excluding hydrogens is 480 g/mol. The molecule has 186 valence electrons. The van der Waals surface area contributed by atoms with E-state index in [1.54, 1.807) is 19.1 Å². The molecule has 1 spiro atoms. The topological polar surface area (TPSA) is 136 Å². The van der Waals surface area contributed by atoms with Crippen LogP contribution in [0.1, 0.15) is 63.6 Å². The average molecular weight is 507 g/mol. The van der Waals surface area contributed by atoms with Crippen LogP contribution in [0.2, 0.25) is 0 Å². The molecular formula is C25H26N6O4S. The number of carbonyl (C=O) groups excluding carboxylic acids is 2. The standard InChI is InChI=1S/C25H26N6O4S/c1-14-3-8-20(29-28-14)31-23(26-21(32)13-36(2,34)35)22-19(30-31)12-25(27-24(22)33)10-9-17-11-16(15-4-5-15)6-7-18(17)25/h3,6-8,11,15H,4-5,9-10,12-13H2,1-2H3,(H,26,32)(H,27,33)/t25-/m0/s1. The molecule has 1 aliphatic heterocycles. The number of nitrogens with one attached hydrogen (secondary N) is 2. The molecule has 3 aromatic rings. The van der Waals surface area contributed by atoms with E-state index >= 15 is 0 Å². The molecule has 2 aliphatic carbocycles. The molecule has 1 aromatic carbocycles. The summed E-state index contributed by atoms with van der Waals surface area (Å²) in [6, 6.07) is 10.0. The largest absolute Gasteiger partial charge is 0.342 e. The lowest BCUT2D eigenvalue weighted by molar-refractivity contribution is -0.113. The highest BCUT2D eigenvalue weighted by Crippen LogP contribution is 2.46. The van der Waals surface area contributed by atoms with Gasteiger partial charge in [0, 0.05) is 12.7 Å². The van der Waals surface area contributed by atoms with Crippen molar-refractivity contribution in [1.82, 2.24) is 25.3 Å². The van der Waals surface area contributed by atoms with Gasteiger partial charge in [0.05, 0.1) is 16.9 Å². The summed E-state index contributed by atoms with van der Waals surface area (Å²) in [5, 5.41) is 18.7. The molecule has 3 heterocycles. The summed E-state index contributed by atoms with van der Waals surface area (Å²) in [7, 11) is -3.57. The molecule has 3 aliphatic rings. The second-order valence-corrected chi connectivity index (χ2v) is 12.3. The van der Waals surface area contributed by atoms with Crippen molar-refractivity contribution >= 4 is 27.5 Å². The third kappa shape index (κ3) is 3.97. The van der Waals surface area contributed by atoms with Crippen molar-refractivity contribution in [2.75, 3.05) is 17.3 Å². The highest BCUT2D eigenvalue weighted by atomic mass is 32.2. The fourth-order valence-electron chi connectivity index (χ4n) is 5.38. The highest BCUT2D eigenvalue weighted by molar-refractivity contribution is 7.91. The number of amides is 2. The van der Waals surface area contributed by atoms with E-state index in [2.05, 4.69) is 44.1 Å². The lowest BCUT2D eigenvalue weighted by atomic mass is 9.82. The molecule has 2 N–H and O–H groups in total. The molecule has 0 bridgehead atoms. The first kappa shape index (κ1) is 22.8. The molecule has 11 heteroatoms. The number of benzene rings is 1. The first-order valence-electron chi connectivity index (χ1n) is 12.0. The van der Waals surface area contributed by atoms with Crippen LogP contribution in [0.25, 0.3) is 5.82 Å². The van der Waals surface area contributed by atoms with Crippen LogP contribution in [0.5, 0.6) is 0 Å². The monoisotopic (exact) mass is 506 g/mol. The summed E-state index contributed by atoms with van der Waals surface area (Å²) < 4.78 is 24.7. The van der Waals surface area contributed by atoms with Crippen molar-refractivity contribution in [3.63, 3.8) is 0 Å². The zero-order valence-corrected chi connectivity index (χ0v) is 20.9. The number of fused-ring (bicyclic) bond motifs is 3. The average Bonchev–Trinajstić information content (AvgIpc) is 3.52. The Morgan fingerprint density at radius 3 is 2.72 bits per heavy atom. The van der Waals surface area contributed by atoms with Gasteiger partial charge in [0.2, 0.25) is 5.91 Å². The minimum Gasteiger partial charge on any atom is -0.342 e. The van der Waals surface area contributed by atoms with Crippen LogP contribution >= 0.6 is 0 Å². The van der Waals surface area contributed by atoms with Crippen LogP contribution in [0.15, 0.2) is 30.3 Å². The van der Waals surface area contributed by atoms with Crippen LogP contribution in [-0.2, 0) is 33.0 Å². The van der Waals surface area contributed by atoms with Crippen LogP contribution in [0.3, 0.4) is 0 Å². The summed E-state index contributed by atoms with van der Waals surface area (Å²) in [5.41, 5.74) is 4.60. The van der Waals surface area contributed by atoms with Crippen LogP contribution in [0, 0.1) is 6.92 Å². The Morgan fingerprint density at radius 1 is 1.22 bits per heavy atom. The van der Waals surface area contributed by atoms with Gasteiger partial charge in [-0.15, -0.1) is 5.10 Å². The third-order valence-corrected chi connectivity index (χ3v) is 7.96. The van der Waals surface area contributed by atoms with Gasteiger partial charge in [-0.25, -0.2) is 8.42 Å². The summed E-state index contributed by atoms with van der Waals surface area (Å²) in [5.74, 6) is -0.776. The number of aryl methyl sites for hydroxylation is 2. The number of nitrogens with zero attached hydrogens (tertiary/aromatic N) is 4. The third-order valence-electron chi connectivity index (χ3n) is 7.17. The van der Waals surface area contributed by atoms with Gasteiger partial charge in [0.15, 0.2) is 21.5 Å². The van der Waals surface area contributed by atoms with Gasteiger partial charge < -0.3 is 10.6 Å². The molecule has 2 aromatic heterocycles. The van der Waals surface area contributed by atoms with Gasteiger partial charge in [0.25, 0.3) is 5.91 Å². The SMILES string of the molecule is Cc1ccc(-n2nc3c(c2NC(=O)CS(C)(=O)=O)C(=O)N[C@@]2(CCc4cc(C5CC5)ccc42)C3)nn1. The molecule has 1 fully saturated rings. The Labute approximate surface area is 208 Å². The van der Waals surface area contributed by atoms with Crippen molar-refractivity contribution in [2.24, 2.45) is 0 Å². The number of anilines is 1. The Balaban J connectivity index is 1.42. The van der Waals surface area contributed by atoms with E-state index in [9.17, 15) is 18.0 Å². The fraction of sp³-hybridized carbons (Fsp3) is 0.400. The predicted octanol–water partition coefficient (Wildman–Crippen LogP) is 1.96. The number of aromatic nitrogens is 4. The van der Waals surface area contributed by atoms with E-state index in [4.69, 9.17) is 0 Å². The van der Waals surface area contributed by atoms with E-state index < -0.39 is 27.0 Å². The van der Waals surface area contributed by atoms with Gasteiger partial charge in [-0.1, -0.05) is 18.2 Å². The quantitative estimate of drug-likeness (QED) is 0.540. The molecule has 2 amide bonds. The molecule has 10 nitrogen and oxygen atoms in total. The second kappa shape index (κ2) is 7.95. The maximum atomic E-state index is 13.6. The molecule has 0 unspecified atom stereocenters. The number of hydrogen-bond acceptors (Lipinski definition) is 7. The van der Waals surface area contributed by atoms with Crippen molar-refractivity contribution in [3.8, 4) is 5.82 Å². The molecule has 0 radical (unpaired) electrons. The van der Waals surface area contributed by atoms with Gasteiger partial charge in [-0.2, -0.15) is 14.9 Å². The Kier molecular flexibility index (Phi) is 5.05. The molecule has 1 saturated carbocycles. The normalized spacial score (nSPS) is 20.7. The predicted molar refractivity (Wildman–Crippen MR) is 132 cm³/mol. The zero-order chi connectivity index (χ0) is 25.2. The van der Waals surface area contributed by atoms with Crippen molar-refractivity contribution in [2.45, 2.75) is 50.5 Å². The first-order chi connectivity index (χ1) is 17.1. The van der Waals surface area contributed by atoms with Gasteiger partial charge in [-0.3, -0.25) is 9.59 Å². The number of hydrogen-bond donors (Lipinski definition) is 2. The van der Waals surface area contributed by atoms with E-state index in [-0.39, 0.29) is 17.3 Å². The lowest BCUT2D eigenvalue weighted by Gasteiger charge is -2.35. The lowest BCUT2D eigenvalue weighted by Crippen LogP contribution is -2.50. The van der Waals surface area contributed by atoms with Crippen LogP contribution in [0.4, 0.5) is 5.82 Å². The molecule has 1 atom stereocenters. The Morgan fingerprint density at radius 2 is 2.03 bits per heavy atom. The highest BCUT2D eigenvalue weighted by Gasteiger charge is 2.47. The molecule has 0 saturated heterocycles. The summed E-state index contributed by atoms with van der Waals surface area (Å²) in [4.78, 5) is 26.1. The summed E-state index contributed by atoms with van der Waals surface area (Å²) >= 11 is 0. The van der Waals surface area contributed by atoms with E-state index in [0.717, 1.165) is 24.7 Å².